The van der Waals surface area contributed by atoms with E-state index in [1.165, 1.54) is 23.2 Å². The standard InChI is InChI=1S/C19H26N2/c1-3-13-20-19(15-18-6-4-5-14-21-18)12-11-17-9-7-16(2)8-10-17/h4-10,14,19-20H,3,11-13,15H2,1-2H3. The molecule has 2 nitrogen and oxygen atoms in total. The van der Waals surface area contributed by atoms with Gasteiger partial charge in [-0.1, -0.05) is 42.8 Å². The number of nitrogens with zero attached hydrogens (tertiary/aromatic N) is 1. The Balaban J connectivity index is 1.91. The van der Waals surface area contributed by atoms with Gasteiger partial charge in [0.1, 0.15) is 0 Å². The minimum absolute atomic E-state index is 0.501. The Morgan fingerprint density at radius 2 is 1.90 bits per heavy atom. The normalized spacial score (nSPS) is 12.3. The zero-order valence-corrected chi connectivity index (χ0v) is 13.2. The van der Waals surface area contributed by atoms with Crippen molar-refractivity contribution < 1.29 is 0 Å². The smallest absolute Gasteiger partial charge is 0.0419 e. The Labute approximate surface area is 128 Å². The van der Waals surface area contributed by atoms with Crippen molar-refractivity contribution in [2.75, 3.05) is 6.54 Å². The van der Waals surface area contributed by atoms with Crippen LogP contribution >= 0.6 is 0 Å². The first-order valence-electron chi connectivity index (χ1n) is 7.96. The maximum absolute atomic E-state index is 4.45. The van der Waals surface area contributed by atoms with Gasteiger partial charge in [-0.05, 0) is 50.4 Å². The monoisotopic (exact) mass is 282 g/mol. The molecular weight excluding hydrogens is 256 g/mol. The lowest BCUT2D eigenvalue weighted by molar-refractivity contribution is 0.474. The molecule has 2 aromatic rings. The van der Waals surface area contributed by atoms with E-state index in [-0.39, 0.29) is 0 Å². The molecule has 0 aliphatic heterocycles. The molecule has 2 heteroatoms. The molecule has 0 radical (unpaired) electrons. The highest BCUT2D eigenvalue weighted by Gasteiger charge is 2.09. The second-order valence-electron chi connectivity index (χ2n) is 5.70. The number of aromatic nitrogens is 1. The van der Waals surface area contributed by atoms with Crippen molar-refractivity contribution in [3.63, 3.8) is 0 Å². The molecule has 0 aliphatic rings. The molecule has 1 atom stereocenters. The van der Waals surface area contributed by atoms with Crippen molar-refractivity contribution in [3.8, 4) is 0 Å². The summed E-state index contributed by atoms with van der Waals surface area (Å²) >= 11 is 0. The van der Waals surface area contributed by atoms with Gasteiger partial charge < -0.3 is 5.32 Å². The number of rotatable bonds is 8. The van der Waals surface area contributed by atoms with Crippen molar-refractivity contribution in [2.24, 2.45) is 0 Å². The third-order valence-electron chi connectivity index (χ3n) is 3.77. The first-order chi connectivity index (χ1) is 10.3. The second-order valence-corrected chi connectivity index (χ2v) is 5.70. The number of nitrogens with one attached hydrogen (secondary N) is 1. The van der Waals surface area contributed by atoms with Crippen LogP contribution in [0.5, 0.6) is 0 Å². The molecule has 21 heavy (non-hydrogen) atoms. The van der Waals surface area contributed by atoms with E-state index >= 15 is 0 Å². The summed E-state index contributed by atoms with van der Waals surface area (Å²) < 4.78 is 0. The topological polar surface area (TPSA) is 24.9 Å². The van der Waals surface area contributed by atoms with Gasteiger partial charge in [0.2, 0.25) is 0 Å². The first-order valence-corrected chi connectivity index (χ1v) is 7.96. The van der Waals surface area contributed by atoms with E-state index < -0.39 is 0 Å². The van der Waals surface area contributed by atoms with E-state index in [1.807, 2.05) is 12.3 Å². The summed E-state index contributed by atoms with van der Waals surface area (Å²) in [4.78, 5) is 4.45. The van der Waals surface area contributed by atoms with Crippen molar-refractivity contribution in [1.82, 2.24) is 10.3 Å². The van der Waals surface area contributed by atoms with Gasteiger partial charge in [-0.15, -0.1) is 0 Å². The summed E-state index contributed by atoms with van der Waals surface area (Å²) in [6, 6.07) is 15.5. The Hall–Kier alpha value is -1.67. The van der Waals surface area contributed by atoms with Crippen LogP contribution < -0.4 is 5.32 Å². The van der Waals surface area contributed by atoms with Crippen LogP contribution in [0.15, 0.2) is 48.7 Å². The van der Waals surface area contributed by atoms with Gasteiger partial charge in [0, 0.05) is 24.4 Å². The Morgan fingerprint density at radius 1 is 1.10 bits per heavy atom. The molecule has 0 amide bonds. The number of hydrogen-bond acceptors (Lipinski definition) is 2. The summed E-state index contributed by atoms with van der Waals surface area (Å²) in [7, 11) is 0. The highest BCUT2D eigenvalue weighted by atomic mass is 14.9. The summed E-state index contributed by atoms with van der Waals surface area (Å²) in [5.41, 5.74) is 3.92. The highest BCUT2D eigenvalue weighted by Crippen LogP contribution is 2.10. The molecule has 0 saturated carbocycles. The van der Waals surface area contributed by atoms with Gasteiger partial charge in [0.05, 0.1) is 0 Å². The minimum Gasteiger partial charge on any atom is -0.314 e. The van der Waals surface area contributed by atoms with Crippen LogP contribution in [0.25, 0.3) is 0 Å². The van der Waals surface area contributed by atoms with Gasteiger partial charge >= 0.3 is 0 Å². The lowest BCUT2D eigenvalue weighted by Gasteiger charge is -2.18. The fourth-order valence-corrected chi connectivity index (χ4v) is 2.49. The first kappa shape index (κ1) is 15.7. The van der Waals surface area contributed by atoms with Crippen molar-refractivity contribution >= 4 is 0 Å². The zero-order valence-electron chi connectivity index (χ0n) is 13.2. The predicted molar refractivity (Wildman–Crippen MR) is 89.5 cm³/mol. The largest absolute Gasteiger partial charge is 0.314 e. The van der Waals surface area contributed by atoms with E-state index in [1.54, 1.807) is 0 Å². The number of benzene rings is 1. The summed E-state index contributed by atoms with van der Waals surface area (Å²) in [6.45, 7) is 5.42. The summed E-state index contributed by atoms with van der Waals surface area (Å²) in [5, 5.41) is 3.66. The van der Waals surface area contributed by atoms with E-state index in [4.69, 9.17) is 0 Å². The maximum Gasteiger partial charge on any atom is 0.0419 e. The SMILES string of the molecule is CCCNC(CCc1ccc(C)cc1)Cc1ccccn1. The highest BCUT2D eigenvalue weighted by molar-refractivity contribution is 5.21. The number of aryl methyl sites for hydroxylation is 2. The van der Waals surface area contributed by atoms with Crippen LogP contribution in [-0.2, 0) is 12.8 Å². The molecule has 0 saturated heterocycles. The van der Waals surface area contributed by atoms with Crippen LogP contribution in [0, 0.1) is 6.92 Å². The molecule has 0 fully saturated rings. The molecule has 1 heterocycles. The predicted octanol–water partition coefficient (Wildman–Crippen LogP) is 3.93. The van der Waals surface area contributed by atoms with Gasteiger partial charge in [-0.3, -0.25) is 4.98 Å². The molecule has 0 bridgehead atoms. The third-order valence-corrected chi connectivity index (χ3v) is 3.77. The van der Waals surface area contributed by atoms with Crippen LogP contribution in [0.1, 0.15) is 36.6 Å². The van der Waals surface area contributed by atoms with Gasteiger partial charge in [0.25, 0.3) is 0 Å². The van der Waals surface area contributed by atoms with Crippen molar-refractivity contribution in [1.29, 1.82) is 0 Å². The van der Waals surface area contributed by atoms with Crippen LogP contribution in [0.4, 0.5) is 0 Å². The molecular formula is C19H26N2. The van der Waals surface area contributed by atoms with Crippen molar-refractivity contribution in [2.45, 2.75) is 45.6 Å². The minimum atomic E-state index is 0.501. The quantitative estimate of drug-likeness (QED) is 0.793. The van der Waals surface area contributed by atoms with E-state index in [2.05, 4.69) is 60.5 Å². The maximum atomic E-state index is 4.45. The molecule has 112 valence electrons. The average molecular weight is 282 g/mol. The summed E-state index contributed by atoms with van der Waals surface area (Å²) in [6.07, 6.45) is 6.33. The van der Waals surface area contributed by atoms with E-state index in [0.29, 0.717) is 6.04 Å². The second kappa shape index (κ2) is 8.58. The number of pyridine rings is 1. The van der Waals surface area contributed by atoms with Gasteiger partial charge in [-0.25, -0.2) is 0 Å². The van der Waals surface area contributed by atoms with Crippen molar-refractivity contribution in [3.05, 3.63) is 65.5 Å². The fraction of sp³-hybridized carbons (Fsp3) is 0.421. The fourth-order valence-electron chi connectivity index (χ4n) is 2.49. The van der Waals surface area contributed by atoms with Crippen LogP contribution in [0.3, 0.4) is 0 Å². The zero-order chi connectivity index (χ0) is 14.9. The van der Waals surface area contributed by atoms with Crippen LogP contribution in [0.2, 0.25) is 0 Å². The molecule has 2 rings (SSSR count). The Bertz CT molecular complexity index is 505. The molecule has 1 aromatic carbocycles. The molecule has 0 aliphatic carbocycles. The van der Waals surface area contributed by atoms with Crippen LogP contribution in [-0.4, -0.2) is 17.6 Å². The average Bonchev–Trinajstić information content (AvgIpc) is 2.52. The molecule has 1 N–H and O–H groups in total. The molecule has 0 spiro atoms. The third kappa shape index (κ3) is 5.68. The van der Waals surface area contributed by atoms with E-state index in [9.17, 15) is 0 Å². The molecule has 1 aromatic heterocycles. The lowest BCUT2D eigenvalue weighted by atomic mass is 10.0. The van der Waals surface area contributed by atoms with Gasteiger partial charge in [-0.2, -0.15) is 0 Å². The molecule has 1 unspecified atom stereocenters. The Morgan fingerprint density at radius 3 is 2.57 bits per heavy atom. The summed E-state index contributed by atoms with van der Waals surface area (Å²) in [5.74, 6) is 0. The lowest BCUT2D eigenvalue weighted by Crippen LogP contribution is -2.32. The van der Waals surface area contributed by atoms with Gasteiger partial charge in [0.15, 0.2) is 0 Å². The van der Waals surface area contributed by atoms with E-state index in [0.717, 1.165) is 25.8 Å². The Kier molecular flexibility index (Phi) is 6.42. The number of hydrogen-bond donors (Lipinski definition) is 1.